The molecule has 0 atom stereocenters. The molecule has 0 unspecified atom stereocenters. The van der Waals surface area contributed by atoms with Crippen molar-refractivity contribution in [1.82, 2.24) is 14.2 Å². The van der Waals surface area contributed by atoms with E-state index >= 15 is 0 Å². The molecule has 164 valence electrons. The lowest BCUT2D eigenvalue weighted by molar-refractivity contribution is -0.0245. The average molecular weight is 435 g/mol. The minimum Gasteiger partial charge on any atom is -0.461 e. The lowest BCUT2D eigenvalue weighted by atomic mass is 9.93. The van der Waals surface area contributed by atoms with Crippen LogP contribution in [-0.4, -0.2) is 72.5 Å². The monoisotopic (exact) mass is 435 g/mol. The van der Waals surface area contributed by atoms with Crippen molar-refractivity contribution in [3.8, 4) is 0 Å². The Morgan fingerprint density at radius 1 is 1.34 bits per heavy atom. The van der Waals surface area contributed by atoms with Gasteiger partial charge < -0.3 is 24.0 Å². The van der Waals surface area contributed by atoms with Crippen molar-refractivity contribution in [2.75, 3.05) is 26.3 Å². The van der Waals surface area contributed by atoms with Gasteiger partial charge >= 0.3 is 12.1 Å². The van der Waals surface area contributed by atoms with Gasteiger partial charge in [0.1, 0.15) is 10.5 Å². The highest BCUT2D eigenvalue weighted by atomic mass is 32.2. The van der Waals surface area contributed by atoms with Crippen LogP contribution in [0.2, 0.25) is 0 Å². The van der Waals surface area contributed by atoms with Crippen LogP contribution in [0.15, 0.2) is 11.1 Å². The highest BCUT2D eigenvalue weighted by Gasteiger charge is 2.49. The molecule has 2 heterocycles. The normalized spacial score (nSPS) is 16.3. The van der Waals surface area contributed by atoms with Crippen molar-refractivity contribution in [2.45, 2.75) is 43.7 Å². The van der Waals surface area contributed by atoms with Crippen LogP contribution >= 0.6 is 0 Å². The summed E-state index contributed by atoms with van der Waals surface area (Å²) in [5.74, 6) is -2.25. The molecule has 12 heteroatoms. The maximum absolute atomic E-state index is 14.7. The number of aliphatic hydroxyl groups excluding tert-OH is 1. The van der Waals surface area contributed by atoms with Crippen LogP contribution in [0.5, 0.6) is 0 Å². The molecule has 0 spiro atoms. The van der Waals surface area contributed by atoms with Gasteiger partial charge in [-0.15, -0.1) is 0 Å². The maximum atomic E-state index is 14.7. The van der Waals surface area contributed by atoms with Gasteiger partial charge in [0.05, 0.1) is 18.8 Å². The highest BCUT2D eigenvalue weighted by Crippen LogP contribution is 2.27. The molecule has 0 aromatic carbocycles. The van der Waals surface area contributed by atoms with Crippen LogP contribution in [0.3, 0.4) is 0 Å². The van der Waals surface area contributed by atoms with E-state index in [4.69, 9.17) is 9.47 Å². The molecule has 1 aromatic rings. The fraction of sp³-hybridized carbons (Fsp3) is 0.647. The zero-order valence-electron chi connectivity index (χ0n) is 17.0. The molecule has 1 fully saturated rings. The predicted octanol–water partition coefficient (Wildman–Crippen LogP) is 0.601. The van der Waals surface area contributed by atoms with Crippen molar-refractivity contribution in [1.29, 1.82) is 0 Å². The molecule has 0 bridgehead atoms. The number of hydrogen-bond acceptors (Lipinski definition) is 7. The van der Waals surface area contributed by atoms with Gasteiger partial charge in [0.15, 0.2) is 11.5 Å². The SMILES string of the molecule is CCOC(=O)c1c(F)c(S(=O)(=O)NC2(CO)CN(C(=O)OC(C)(C)C)C2)cn1C. The zero-order chi connectivity index (χ0) is 22.2. The Labute approximate surface area is 168 Å². The number of ether oxygens (including phenoxy) is 2. The third-order valence-corrected chi connectivity index (χ3v) is 5.70. The van der Waals surface area contributed by atoms with Crippen molar-refractivity contribution < 1.29 is 37.0 Å². The molecule has 0 aliphatic carbocycles. The highest BCUT2D eigenvalue weighted by molar-refractivity contribution is 7.89. The molecular weight excluding hydrogens is 409 g/mol. The number of hydrogen-bond donors (Lipinski definition) is 2. The topological polar surface area (TPSA) is 127 Å². The number of aliphatic hydroxyl groups is 1. The number of halogens is 1. The summed E-state index contributed by atoms with van der Waals surface area (Å²) < 4.78 is 53.3. The van der Waals surface area contributed by atoms with Gasteiger partial charge in [0, 0.05) is 26.3 Å². The molecule has 0 radical (unpaired) electrons. The van der Waals surface area contributed by atoms with E-state index in [9.17, 15) is 27.5 Å². The second kappa shape index (κ2) is 7.92. The molecule has 2 rings (SSSR count). The summed E-state index contributed by atoms with van der Waals surface area (Å²) in [7, 11) is -3.14. The summed E-state index contributed by atoms with van der Waals surface area (Å²) in [6.07, 6.45) is 0.288. The number of nitrogens with one attached hydrogen (secondary N) is 1. The van der Waals surface area contributed by atoms with E-state index in [-0.39, 0.29) is 19.7 Å². The molecular formula is C17H26FN3O7S. The third-order valence-electron chi connectivity index (χ3n) is 4.14. The predicted molar refractivity (Wildman–Crippen MR) is 99.3 cm³/mol. The van der Waals surface area contributed by atoms with Crippen LogP contribution in [-0.2, 0) is 26.5 Å². The van der Waals surface area contributed by atoms with E-state index in [1.54, 1.807) is 20.8 Å². The lowest BCUT2D eigenvalue weighted by Gasteiger charge is -2.48. The number of rotatable bonds is 6. The van der Waals surface area contributed by atoms with Crippen LogP contribution < -0.4 is 4.72 Å². The summed E-state index contributed by atoms with van der Waals surface area (Å²) in [6, 6.07) is 0. The fourth-order valence-corrected chi connectivity index (χ4v) is 4.37. The molecule has 1 aromatic heterocycles. The van der Waals surface area contributed by atoms with Crippen LogP contribution in [0.4, 0.5) is 9.18 Å². The van der Waals surface area contributed by atoms with Gasteiger partial charge in [0.25, 0.3) is 0 Å². The third kappa shape index (κ3) is 4.87. The minimum absolute atomic E-state index is 0.00207. The van der Waals surface area contributed by atoms with Crippen LogP contribution in [0.25, 0.3) is 0 Å². The van der Waals surface area contributed by atoms with Crippen LogP contribution in [0, 0.1) is 5.82 Å². The van der Waals surface area contributed by atoms with E-state index in [0.717, 1.165) is 10.8 Å². The van der Waals surface area contributed by atoms with Gasteiger partial charge in [-0.2, -0.15) is 4.72 Å². The molecule has 1 amide bonds. The maximum Gasteiger partial charge on any atom is 0.410 e. The molecule has 29 heavy (non-hydrogen) atoms. The number of esters is 1. The number of aromatic nitrogens is 1. The minimum atomic E-state index is -4.45. The van der Waals surface area contributed by atoms with Crippen molar-refractivity contribution in [2.24, 2.45) is 7.05 Å². The number of carbonyl (C=O) groups excluding carboxylic acids is 2. The van der Waals surface area contributed by atoms with Crippen molar-refractivity contribution in [3.05, 3.63) is 17.7 Å². The first-order valence-electron chi connectivity index (χ1n) is 8.90. The van der Waals surface area contributed by atoms with E-state index in [0.29, 0.717) is 0 Å². The summed E-state index contributed by atoms with van der Waals surface area (Å²) in [5, 5.41) is 9.69. The van der Waals surface area contributed by atoms with Gasteiger partial charge in [-0.3, -0.25) is 0 Å². The van der Waals surface area contributed by atoms with Crippen molar-refractivity contribution in [3.63, 3.8) is 0 Å². The fourth-order valence-electron chi connectivity index (χ4n) is 2.87. The Morgan fingerprint density at radius 2 is 1.93 bits per heavy atom. The first kappa shape index (κ1) is 23.1. The molecule has 1 aliphatic heterocycles. The number of aryl methyl sites for hydroxylation is 1. The molecule has 1 aliphatic rings. The first-order valence-corrected chi connectivity index (χ1v) is 10.4. The zero-order valence-corrected chi connectivity index (χ0v) is 17.8. The Kier molecular flexibility index (Phi) is 6.31. The second-order valence-corrected chi connectivity index (χ2v) is 9.52. The molecule has 10 nitrogen and oxygen atoms in total. The molecule has 2 N–H and O–H groups in total. The average Bonchev–Trinajstić information content (AvgIpc) is 2.84. The van der Waals surface area contributed by atoms with E-state index in [1.807, 2.05) is 0 Å². The smallest absolute Gasteiger partial charge is 0.410 e. The summed E-state index contributed by atoms with van der Waals surface area (Å²) in [5.41, 5.74) is -2.65. The Hall–Kier alpha value is -2.18. The standard InChI is InChI=1S/C17H26FN3O7S/c1-6-27-14(23)13-12(18)11(7-20(13)5)29(25,26)19-17(10-22)8-21(9-17)15(24)28-16(2,3)4/h7,19,22H,6,8-10H2,1-5H3. The summed E-state index contributed by atoms with van der Waals surface area (Å²) >= 11 is 0. The summed E-state index contributed by atoms with van der Waals surface area (Å²) in [4.78, 5) is 24.4. The quantitative estimate of drug-likeness (QED) is 0.627. The van der Waals surface area contributed by atoms with Gasteiger partial charge in [-0.05, 0) is 27.7 Å². The Bertz CT molecular complexity index is 899. The van der Waals surface area contributed by atoms with E-state index in [1.165, 1.54) is 18.9 Å². The van der Waals surface area contributed by atoms with E-state index < -0.39 is 56.2 Å². The van der Waals surface area contributed by atoms with E-state index in [2.05, 4.69) is 4.72 Å². The Balaban J connectivity index is 2.20. The number of nitrogens with zero attached hydrogens (tertiary/aromatic N) is 2. The number of likely N-dealkylation sites (tertiary alicyclic amines) is 1. The molecule has 0 saturated carbocycles. The Morgan fingerprint density at radius 3 is 2.41 bits per heavy atom. The van der Waals surface area contributed by atoms with Gasteiger partial charge in [0.2, 0.25) is 10.0 Å². The lowest BCUT2D eigenvalue weighted by Crippen LogP contribution is -2.73. The number of amides is 1. The number of sulfonamides is 1. The van der Waals surface area contributed by atoms with Gasteiger partial charge in [-0.1, -0.05) is 0 Å². The number of carbonyl (C=O) groups is 2. The second-order valence-electron chi connectivity index (χ2n) is 7.87. The van der Waals surface area contributed by atoms with Crippen LogP contribution in [0.1, 0.15) is 38.2 Å². The van der Waals surface area contributed by atoms with Crippen molar-refractivity contribution >= 4 is 22.1 Å². The largest absolute Gasteiger partial charge is 0.461 e. The van der Waals surface area contributed by atoms with Gasteiger partial charge in [-0.25, -0.2) is 22.4 Å². The summed E-state index contributed by atoms with van der Waals surface area (Å²) in [6.45, 7) is 5.66. The molecule has 1 saturated heterocycles. The first-order chi connectivity index (χ1) is 13.2.